The number of aryl methyl sites for hydroxylation is 1. The number of nitrogens with zero attached hydrogens (tertiary/aromatic N) is 3. The van der Waals surface area contributed by atoms with Crippen LogP contribution in [0.2, 0.25) is 0 Å². The summed E-state index contributed by atoms with van der Waals surface area (Å²) in [6.07, 6.45) is 3.83. The summed E-state index contributed by atoms with van der Waals surface area (Å²) in [5.41, 5.74) is 8.00. The lowest BCUT2D eigenvalue weighted by Crippen LogP contribution is -2.15. The smallest absolute Gasteiger partial charge is 0.125 e. The van der Waals surface area contributed by atoms with E-state index in [-0.39, 0.29) is 0 Å². The Bertz CT molecular complexity index is 499. The fourth-order valence-electron chi connectivity index (χ4n) is 1.56. The minimum Gasteiger partial charge on any atom is -0.384 e. The van der Waals surface area contributed by atoms with Crippen molar-refractivity contribution in [2.24, 2.45) is 10.7 Å². The molecule has 88 valence electrons. The zero-order valence-corrected chi connectivity index (χ0v) is 9.87. The summed E-state index contributed by atoms with van der Waals surface area (Å²) < 4.78 is 1.87. The molecule has 0 unspecified atom stereocenters. The zero-order valence-electron chi connectivity index (χ0n) is 9.87. The summed E-state index contributed by atoms with van der Waals surface area (Å²) in [5, 5.41) is 4.19. The van der Waals surface area contributed by atoms with Gasteiger partial charge in [0.25, 0.3) is 0 Å². The zero-order chi connectivity index (χ0) is 12.1. The molecule has 17 heavy (non-hydrogen) atoms. The van der Waals surface area contributed by atoms with Crippen LogP contribution in [0.15, 0.2) is 47.7 Å². The highest BCUT2D eigenvalue weighted by Crippen LogP contribution is 1.98. The molecular formula is C13H16N4. The van der Waals surface area contributed by atoms with Gasteiger partial charge in [-0.1, -0.05) is 30.3 Å². The van der Waals surface area contributed by atoms with Crippen LogP contribution >= 0.6 is 0 Å². The van der Waals surface area contributed by atoms with Gasteiger partial charge in [-0.15, -0.1) is 0 Å². The quantitative estimate of drug-likeness (QED) is 0.638. The molecule has 2 rings (SSSR count). The van der Waals surface area contributed by atoms with Crippen molar-refractivity contribution in [1.29, 1.82) is 0 Å². The van der Waals surface area contributed by atoms with Crippen molar-refractivity contribution in [3.63, 3.8) is 0 Å². The molecule has 0 aliphatic carbocycles. The Labute approximate surface area is 101 Å². The van der Waals surface area contributed by atoms with Crippen molar-refractivity contribution in [1.82, 2.24) is 9.78 Å². The van der Waals surface area contributed by atoms with E-state index < -0.39 is 0 Å². The fraction of sp³-hybridized carbons (Fsp3) is 0.231. The highest BCUT2D eigenvalue weighted by molar-refractivity contribution is 5.97. The van der Waals surface area contributed by atoms with Gasteiger partial charge in [0.2, 0.25) is 0 Å². The third-order valence-electron chi connectivity index (χ3n) is 2.44. The van der Waals surface area contributed by atoms with E-state index in [9.17, 15) is 0 Å². The van der Waals surface area contributed by atoms with Gasteiger partial charge >= 0.3 is 0 Å². The van der Waals surface area contributed by atoms with E-state index in [1.54, 1.807) is 0 Å². The van der Waals surface area contributed by atoms with Gasteiger partial charge in [0, 0.05) is 11.8 Å². The molecule has 0 saturated carbocycles. The number of amidine groups is 1. The van der Waals surface area contributed by atoms with Crippen molar-refractivity contribution in [3.8, 4) is 0 Å². The van der Waals surface area contributed by atoms with Crippen LogP contribution < -0.4 is 5.73 Å². The van der Waals surface area contributed by atoms with Crippen LogP contribution in [0.4, 0.5) is 0 Å². The maximum absolute atomic E-state index is 5.88. The van der Waals surface area contributed by atoms with Gasteiger partial charge in [0.05, 0.1) is 19.3 Å². The molecular weight excluding hydrogens is 212 g/mol. The first-order valence-electron chi connectivity index (χ1n) is 5.60. The molecule has 0 spiro atoms. The van der Waals surface area contributed by atoms with Crippen molar-refractivity contribution < 1.29 is 0 Å². The van der Waals surface area contributed by atoms with E-state index in [0.717, 1.165) is 17.7 Å². The molecule has 0 aliphatic heterocycles. The minimum atomic E-state index is 0.578. The lowest BCUT2D eigenvalue weighted by atomic mass is 10.2. The molecule has 0 amide bonds. The lowest BCUT2D eigenvalue weighted by molar-refractivity contribution is 0.625. The van der Waals surface area contributed by atoms with Gasteiger partial charge < -0.3 is 5.73 Å². The van der Waals surface area contributed by atoms with Gasteiger partial charge in [-0.2, -0.15) is 5.10 Å². The molecule has 2 aromatic rings. The van der Waals surface area contributed by atoms with E-state index >= 15 is 0 Å². The summed E-state index contributed by atoms with van der Waals surface area (Å²) in [4.78, 5) is 4.33. The molecule has 2 N–H and O–H groups in total. The van der Waals surface area contributed by atoms with Crippen molar-refractivity contribution in [2.75, 3.05) is 6.54 Å². The van der Waals surface area contributed by atoms with Gasteiger partial charge in [-0.25, -0.2) is 0 Å². The number of aromatic nitrogens is 2. The summed E-state index contributed by atoms with van der Waals surface area (Å²) in [5.74, 6) is 0.578. The van der Waals surface area contributed by atoms with Crippen LogP contribution in [0.25, 0.3) is 0 Å². The van der Waals surface area contributed by atoms with Crippen molar-refractivity contribution >= 4 is 5.84 Å². The van der Waals surface area contributed by atoms with Gasteiger partial charge in [0.1, 0.15) is 5.84 Å². The van der Waals surface area contributed by atoms with E-state index in [0.29, 0.717) is 12.4 Å². The fourth-order valence-corrected chi connectivity index (χ4v) is 1.56. The van der Waals surface area contributed by atoms with Crippen molar-refractivity contribution in [3.05, 3.63) is 53.9 Å². The minimum absolute atomic E-state index is 0.578. The van der Waals surface area contributed by atoms with Gasteiger partial charge in [0.15, 0.2) is 0 Å². The maximum atomic E-state index is 5.88. The molecule has 0 saturated heterocycles. The number of aliphatic imine (C=N–C) groups is 1. The predicted octanol–water partition coefficient (Wildman–Crippen LogP) is 1.60. The van der Waals surface area contributed by atoms with Crippen molar-refractivity contribution in [2.45, 2.75) is 13.5 Å². The van der Waals surface area contributed by atoms with Gasteiger partial charge in [-0.05, 0) is 12.5 Å². The maximum Gasteiger partial charge on any atom is 0.125 e. The Morgan fingerprint density at radius 1 is 1.35 bits per heavy atom. The van der Waals surface area contributed by atoms with E-state index in [2.05, 4.69) is 10.1 Å². The van der Waals surface area contributed by atoms with E-state index in [1.807, 2.05) is 54.3 Å². The molecule has 0 radical (unpaired) electrons. The molecule has 0 aliphatic rings. The second-order valence-corrected chi connectivity index (χ2v) is 3.91. The summed E-state index contributed by atoms with van der Waals surface area (Å²) in [7, 11) is 0. The summed E-state index contributed by atoms with van der Waals surface area (Å²) in [6, 6.07) is 9.78. The van der Waals surface area contributed by atoms with Gasteiger partial charge in [-0.3, -0.25) is 9.67 Å². The van der Waals surface area contributed by atoms with E-state index in [1.165, 1.54) is 0 Å². The molecule has 4 nitrogen and oxygen atoms in total. The first kappa shape index (κ1) is 11.4. The van der Waals surface area contributed by atoms with Crippen LogP contribution in [0.1, 0.15) is 11.1 Å². The molecule has 1 aromatic carbocycles. The van der Waals surface area contributed by atoms with Crippen LogP contribution in [0.5, 0.6) is 0 Å². The Morgan fingerprint density at radius 3 is 2.76 bits per heavy atom. The molecule has 1 aromatic heterocycles. The Hall–Kier alpha value is -2.10. The Morgan fingerprint density at radius 2 is 2.12 bits per heavy atom. The highest BCUT2D eigenvalue weighted by atomic mass is 15.3. The average Bonchev–Trinajstić information content (AvgIpc) is 2.76. The molecule has 1 heterocycles. The van der Waals surface area contributed by atoms with Crippen LogP contribution in [0.3, 0.4) is 0 Å². The lowest BCUT2D eigenvalue weighted by Gasteiger charge is -2.01. The third kappa shape index (κ3) is 3.17. The number of benzene rings is 1. The first-order chi connectivity index (χ1) is 8.25. The van der Waals surface area contributed by atoms with Crippen LogP contribution in [0, 0.1) is 6.92 Å². The number of hydrogen-bond donors (Lipinski definition) is 1. The van der Waals surface area contributed by atoms with E-state index in [4.69, 9.17) is 5.73 Å². The van der Waals surface area contributed by atoms with Crippen LogP contribution in [-0.2, 0) is 6.54 Å². The molecule has 0 fully saturated rings. The summed E-state index contributed by atoms with van der Waals surface area (Å²) in [6.45, 7) is 3.41. The monoisotopic (exact) mass is 228 g/mol. The normalized spacial score (nSPS) is 11.7. The number of hydrogen-bond acceptors (Lipinski definition) is 2. The second kappa shape index (κ2) is 5.30. The standard InChI is InChI=1S/C13H16N4/c1-11-9-16-17(10-11)8-7-15-13(14)12-5-3-2-4-6-12/h2-6,9-10H,7-8H2,1H3,(H2,14,15). The average molecular weight is 228 g/mol. The largest absolute Gasteiger partial charge is 0.384 e. The Balaban J connectivity index is 1.93. The third-order valence-corrected chi connectivity index (χ3v) is 2.44. The predicted molar refractivity (Wildman–Crippen MR) is 69.0 cm³/mol. The second-order valence-electron chi connectivity index (χ2n) is 3.91. The molecule has 4 heteroatoms. The van der Waals surface area contributed by atoms with Crippen LogP contribution in [-0.4, -0.2) is 22.2 Å². The SMILES string of the molecule is Cc1cnn(CCN=C(N)c2ccccc2)c1. The number of rotatable bonds is 4. The Kier molecular flexibility index (Phi) is 3.55. The number of nitrogens with two attached hydrogens (primary N) is 1. The topological polar surface area (TPSA) is 56.2 Å². The summed E-state index contributed by atoms with van der Waals surface area (Å²) >= 11 is 0. The first-order valence-corrected chi connectivity index (χ1v) is 5.60. The molecule has 0 bridgehead atoms. The molecule has 0 atom stereocenters. The highest BCUT2D eigenvalue weighted by Gasteiger charge is 1.96.